The summed E-state index contributed by atoms with van der Waals surface area (Å²) in [5.74, 6) is -1.12. The summed E-state index contributed by atoms with van der Waals surface area (Å²) in [6.45, 7) is 5.25. The molecular weight excluding hydrogens is 238 g/mol. The van der Waals surface area contributed by atoms with E-state index in [2.05, 4.69) is 20.0 Å². The molecule has 7 nitrogen and oxygen atoms in total. The Morgan fingerprint density at radius 1 is 1.56 bits per heavy atom. The van der Waals surface area contributed by atoms with Crippen LogP contribution < -0.4 is 5.32 Å². The van der Waals surface area contributed by atoms with E-state index in [0.29, 0.717) is 5.82 Å². The minimum atomic E-state index is -1.08. The molecule has 0 bridgehead atoms. The van der Waals surface area contributed by atoms with E-state index in [1.54, 1.807) is 20.8 Å². The van der Waals surface area contributed by atoms with Gasteiger partial charge in [-0.15, -0.1) is 0 Å². The monoisotopic (exact) mass is 255 g/mol. The van der Waals surface area contributed by atoms with Gasteiger partial charge in [0.15, 0.2) is 5.82 Å². The molecule has 0 aliphatic rings. The van der Waals surface area contributed by atoms with Gasteiger partial charge in [0.2, 0.25) is 12.3 Å². The number of carboxylic acid groups (broad SMARTS) is 1. The molecule has 0 spiro atoms. The molecule has 0 fully saturated rings. The minimum absolute atomic E-state index is 0.0855. The fourth-order valence-corrected chi connectivity index (χ4v) is 1.37. The Balaban J connectivity index is 2.55. The molecule has 0 saturated carbocycles. The molecule has 1 aromatic heterocycles. The summed E-state index contributed by atoms with van der Waals surface area (Å²) < 4.78 is 4.52. The molecule has 1 amide bonds. The van der Waals surface area contributed by atoms with Crippen molar-refractivity contribution in [1.82, 2.24) is 15.5 Å². The van der Waals surface area contributed by atoms with Crippen LogP contribution in [0, 0.1) is 11.3 Å². The molecule has 0 saturated heterocycles. The van der Waals surface area contributed by atoms with E-state index in [4.69, 9.17) is 0 Å². The van der Waals surface area contributed by atoms with Crippen LogP contribution in [0.5, 0.6) is 0 Å². The molecular formula is C11H17N3O4. The summed E-state index contributed by atoms with van der Waals surface area (Å²) in [5, 5.41) is 15.3. The van der Waals surface area contributed by atoms with Gasteiger partial charge in [0.25, 0.3) is 0 Å². The lowest BCUT2D eigenvalue weighted by Crippen LogP contribution is -2.39. The first-order valence-corrected chi connectivity index (χ1v) is 5.61. The first-order chi connectivity index (χ1) is 8.36. The van der Waals surface area contributed by atoms with E-state index in [9.17, 15) is 14.7 Å². The SMILES string of the molecule is CC(C)C(C)(CC(=O)NCc1ncon1)C(=O)O. The van der Waals surface area contributed by atoms with Crippen LogP contribution >= 0.6 is 0 Å². The molecule has 0 radical (unpaired) electrons. The summed E-state index contributed by atoms with van der Waals surface area (Å²) in [4.78, 5) is 26.7. The van der Waals surface area contributed by atoms with Crippen molar-refractivity contribution in [2.45, 2.75) is 33.7 Å². The van der Waals surface area contributed by atoms with Crippen LogP contribution in [0.25, 0.3) is 0 Å². The number of carbonyl (C=O) groups is 2. The number of aromatic nitrogens is 2. The van der Waals surface area contributed by atoms with Crippen molar-refractivity contribution in [3.8, 4) is 0 Å². The lowest BCUT2D eigenvalue weighted by Gasteiger charge is -2.28. The molecule has 1 rings (SSSR count). The molecule has 1 unspecified atom stereocenters. The Labute approximate surface area is 105 Å². The average molecular weight is 255 g/mol. The molecule has 100 valence electrons. The average Bonchev–Trinajstić information content (AvgIpc) is 2.78. The van der Waals surface area contributed by atoms with E-state index >= 15 is 0 Å². The second-order valence-electron chi connectivity index (χ2n) is 4.68. The number of nitrogens with zero attached hydrogens (tertiary/aromatic N) is 2. The maximum Gasteiger partial charge on any atom is 0.310 e. The van der Waals surface area contributed by atoms with Gasteiger partial charge in [-0.1, -0.05) is 19.0 Å². The fraction of sp³-hybridized carbons (Fsp3) is 0.636. The van der Waals surface area contributed by atoms with Crippen LogP contribution in [0.2, 0.25) is 0 Å². The van der Waals surface area contributed by atoms with Crippen molar-refractivity contribution in [2.75, 3.05) is 0 Å². The van der Waals surface area contributed by atoms with Crippen molar-refractivity contribution in [1.29, 1.82) is 0 Å². The van der Waals surface area contributed by atoms with Crippen LogP contribution in [0.1, 0.15) is 33.0 Å². The topological polar surface area (TPSA) is 105 Å². The van der Waals surface area contributed by atoms with Crippen molar-refractivity contribution in [3.05, 3.63) is 12.2 Å². The molecule has 0 aliphatic heterocycles. The van der Waals surface area contributed by atoms with Gasteiger partial charge >= 0.3 is 5.97 Å². The number of carbonyl (C=O) groups excluding carboxylic acids is 1. The van der Waals surface area contributed by atoms with E-state index in [0.717, 1.165) is 6.39 Å². The Morgan fingerprint density at radius 3 is 2.67 bits per heavy atom. The maximum absolute atomic E-state index is 11.7. The van der Waals surface area contributed by atoms with Gasteiger partial charge in [-0.05, 0) is 12.8 Å². The van der Waals surface area contributed by atoms with Crippen LogP contribution in [-0.4, -0.2) is 27.1 Å². The number of rotatable bonds is 6. The highest BCUT2D eigenvalue weighted by Gasteiger charge is 2.38. The molecule has 0 aromatic carbocycles. The standard InChI is InChI=1S/C11H17N3O4/c1-7(2)11(3,10(16)17)4-9(15)12-5-8-13-6-18-14-8/h6-7H,4-5H2,1-3H3,(H,12,15)(H,16,17). The smallest absolute Gasteiger partial charge is 0.310 e. The van der Waals surface area contributed by atoms with Crippen molar-refractivity contribution < 1.29 is 19.2 Å². The number of hydrogen-bond acceptors (Lipinski definition) is 5. The maximum atomic E-state index is 11.7. The summed E-state index contributed by atoms with van der Waals surface area (Å²) in [6.07, 6.45) is 1.08. The third-order valence-electron chi connectivity index (χ3n) is 3.14. The molecule has 1 atom stereocenters. The van der Waals surface area contributed by atoms with Crippen LogP contribution in [0.15, 0.2) is 10.9 Å². The molecule has 7 heteroatoms. The first-order valence-electron chi connectivity index (χ1n) is 5.61. The van der Waals surface area contributed by atoms with E-state index in [1.165, 1.54) is 0 Å². The molecule has 0 aliphatic carbocycles. The Morgan fingerprint density at radius 2 is 2.22 bits per heavy atom. The van der Waals surface area contributed by atoms with Crippen molar-refractivity contribution >= 4 is 11.9 Å². The van der Waals surface area contributed by atoms with Crippen molar-refractivity contribution in [2.24, 2.45) is 11.3 Å². The second-order valence-corrected chi connectivity index (χ2v) is 4.68. The van der Waals surface area contributed by atoms with Gasteiger partial charge < -0.3 is 14.9 Å². The predicted octanol–water partition coefficient (Wildman–Crippen LogP) is 0.823. The van der Waals surface area contributed by atoms with E-state index < -0.39 is 11.4 Å². The summed E-state index contributed by atoms with van der Waals surface area (Å²) in [7, 11) is 0. The highest BCUT2D eigenvalue weighted by molar-refractivity contribution is 5.84. The highest BCUT2D eigenvalue weighted by Crippen LogP contribution is 2.31. The Kier molecular flexibility index (Phi) is 4.41. The lowest BCUT2D eigenvalue weighted by molar-refractivity contribution is -0.153. The Hall–Kier alpha value is -1.92. The van der Waals surface area contributed by atoms with Gasteiger partial charge in [-0.2, -0.15) is 4.98 Å². The quantitative estimate of drug-likeness (QED) is 0.779. The zero-order valence-electron chi connectivity index (χ0n) is 10.6. The normalized spacial score (nSPS) is 14.2. The zero-order chi connectivity index (χ0) is 13.8. The molecule has 2 N–H and O–H groups in total. The highest BCUT2D eigenvalue weighted by atomic mass is 16.5. The van der Waals surface area contributed by atoms with Crippen molar-refractivity contribution in [3.63, 3.8) is 0 Å². The predicted molar refractivity (Wildman–Crippen MR) is 61.3 cm³/mol. The van der Waals surface area contributed by atoms with Crippen LogP contribution in [-0.2, 0) is 16.1 Å². The van der Waals surface area contributed by atoms with Gasteiger partial charge in [0.1, 0.15) is 0 Å². The third kappa shape index (κ3) is 3.28. The van der Waals surface area contributed by atoms with Gasteiger partial charge in [0.05, 0.1) is 12.0 Å². The fourth-order valence-electron chi connectivity index (χ4n) is 1.37. The molecule has 18 heavy (non-hydrogen) atoms. The van der Waals surface area contributed by atoms with Gasteiger partial charge in [0, 0.05) is 6.42 Å². The summed E-state index contributed by atoms with van der Waals surface area (Å²) in [5.41, 5.74) is -1.08. The number of carboxylic acids is 1. The molecule has 1 aromatic rings. The van der Waals surface area contributed by atoms with Crippen LogP contribution in [0.4, 0.5) is 0 Å². The van der Waals surface area contributed by atoms with E-state index in [-0.39, 0.29) is 24.8 Å². The number of hydrogen-bond donors (Lipinski definition) is 2. The van der Waals surface area contributed by atoms with Gasteiger partial charge in [-0.25, -0.2) is 0 Å². The largest absolute Gasteiger partial charge is 0.481 e. The minimum Gasteiger partial charge on any atom is -0.481 e. The van der Waals surface area contributed by atoms with Crippen LogP contribution in [0.3, 0.4) is 0 Å². The summed E-state index contributed by atoms with van der Waals surface area (Å²) in [6, 6.07) is 0. The number of amides is 1. The summed E-state index contributed by atoms with van der Waals surface area (Å²) >= 11 is 0. The van der Waals surface area contributed by atoms with E-state index in [1.807, 2.05) is 0 Å². The zero-order valence-corrected chi connectivity index (χ0v) is 10.6. The Bertz CT molecular complexity index is 416. The lowest BCUT2D eigenvalue weighted by atomic mass is 9.76. The third-order valence-corrected chi connectivity index (χ3v) is 3.14. The number of nitrogens with one attached hydrogen (secondary N) is 1. The second kappa shape index (κ2) is 5.61. The molecule has 1 heterocycles. The number of aliphatic carboxylic acids is 1. The van der Waals surface area contributed by atoms with Gasteiger partial charge in [-0.3, -0.25) is 9.59 Å². The first kappa shape index (κ1) is 14.1.